The summed E-state index contributed by atoms with van der Waals surface area (Å²) in [7, 11) is -3.07. The summed E-state index contributed by atoms with van der Waals surface area (Å²) in [6.07, 6.45) is 7.25. The second kappa shape index (κ2) is 6.00. The number of nitrogens with zero attached hydrogens (tertiary/aromatic N) is 3. The summed E-state index contributed by atoms with van der Waals surface area (Å²) in [5, 5.41) is 6.49. The fourth-order valence-corrected chi connectivity index (χ4v) is 4.46. The summed E-state index contributed by atoms with van der Waals surface area (Å²) < 4.78 is 24.7. The summed E-state index contributed by atoms with van der Waals surface area (Å²) in [5.41, 5.74) is 0.604. The number of aromatic nitrogens is 2. The van der Waals surface area contributed by atoms with Gasteiger partial charge in [-0.3, -0.25) is 9.89 Å². The van der Waals surface area contributed by atoms with Crippen molar-refractivity contribution in [2.45, 2.75) is 19.3 Å². The minimum atomic E-state index is -3.07. The first-order valence-electron chi connectivity index (χ1n) is 7.68. The van der Waals surface area contributed by atoms with E-state index in [4.69, 9.17) is 0 Å². The number of hydrogen-bond donors (Lipinski definition) is 1. The van der Waals surface area contributed by atoms with Crippen LogP contribution in [0.1, 0.15) is 29.6 Å². The van der Waals surface area contributed by atoms with Crippen molar-refractivity contribution >= 4 is 15.9 Å². The summed E-state index contributed by atoms with van der Waals surface area (Å²) in [5.74, 6) is 1.03. The number of carbonyl (C=O) groups excluding carboxylic acids is 1. The lowest BCUT2D eigenvalue weighted by Gasteiger charge is -2.33. The van der Waals surface area contributed by atoms with Gasteiger partial charge in [0.25, 0.3) is 5.91 Å². The molecule has 1 unspecified atom stereocenters. The Morgan fingerprint density at radius 2 is 1.91 bits per heavy atom. The fourth-order valence-electron chi connectivity index (χ4n) is 3.59. The molecule has 0 spiro atoms. The quantitative estimate of drug-likeness (QED) is 0.878. The Balaban J connectivity index is 1.55. The first-order chi connectivity index (χ1) is 10.4. The van der Waals surface area contributed by atoms with E-state index < -0.39 is 10.0 Å². The molecule has 1 atom stereocenters. The highest BCUT2D eigenvalue weighted by atomic mass is 32.2. The predicted molar refractivity (Wildman–Crippen MR) is 81.7 cm³/mol. The summed E-state index contributed by atoms with van der Waals surface area (Å²) in [6.45, 7) is 2.76. The van der Waals surface area contributed by atoms with E-state index in [0.29, 0.717) is 30.5 Å². The maximum atomic E-state index is 12.3. The van der Waals surface area contributed by atoms with Gasteiger partial charge in [0, 0.05) is 32.4 Å². The molecule has 7 nitrogen and oxygen atoms in total. The Bertz CT molecular complexity index is 621. The van der Waals surface area contributed by atoms with Gasteiger partial charge < -0.3 is 4.90 Å². The van der Waals surface area contributed by atoms with Gasteiger partial charge in [-0.2, -0.15) is 5.10 Å². The maximum absolute atomic E-state index is 12.3. The minimum Gasteiger partial charge on any atom is -0.338 e. The number of sulfonamides is 1. The Morgan fingerprint density at radius 1 is 1.23 bits per heavy atom. The predicted octanol–water partition coefficient (Wildman–Crippen LogP) is 0.543. The molecule has 1 N–H and O–H groups in total. The van der Waals surface area contributed by atoms with Crippen molar-refractivity contribution in [1.82, 2.24) is 19.4 Å². The monoisotopic (exact) mass is 326 g/mol. The van der Waals surface area contributed by atoms with Crippen LogP contribution < -0.4 is 0 Å². The lowest BCUT2D eigenvalue weighted by molar-refractivity contribution is 0.0778. The van der Waals surface area contributed by atoms with E-state index in [2.05, 4.69) is 10.2 Å². The molecule has 0 aromatic carbocycles. The zero-order valence-electron chi connectivity index (χ0n) is 12.7. The van der Waals surface area contributed by atoms with Crippen LogP contribution in [0.5, 0.6) is 0 Å². The van der Waals surface area contributed by atoms with Crippen molar-refractivity contribution < 1.29 is 13.2 Å². The number of H-pyrrole nitrogens is 1. The van der Waals surface area contributed by atoms with Crippen molar-refractivity contribution in [2.24, 2.45) is 11.8 Å². The molecule has 122 valence electrons. The van der Waals surface area contributed by atoms with Crippen molar-refractivity contribution in [3.05, 3.63) is 18.0 Å². The van der Waals surface area contributed by atoms with E-state index in [1.807, 2.05) is 4.90 Å². The van der Waals surface area contributed by atoms with Crippen LogP contribution >= 0.6 is 0 Å². The second-order valence-corrected chi connectivity index (χ2v) is 8.27. The van der Waals surface area contributed by atoms with Crippen LogP contribution in [0.2, 0.25) is 0 Å². The molecule has 1 aromatic heterocycles. The smallest absolute Gasteiger partial charge is 0.257 e. The van der Waals surface area contributed by atoms with Gasteiger partial charge in [0.2, 0.25) is 10.0 Å². The number of rotatable bonds is 3. The molecule has 0 radical (unpaired) electrons. The van der Waals surface area contributed by atoms with Crippen LogP contribution in [0.3, 0.4) is 0 Å². The molecule has 1 amide bonds. The van der Waals surface area contributed by atoms with Crippen LogP contribution in [-0.4, -0.2) is 66.2 Å². The standard InChI is InChI=1S/C14H22N4O3S/c1-22(20,21)18-6-3-11(4-7-18)12-2-5-17(10-12)14(19)13-8-15-16-9-13/h8-9,11-12H,2-7,10H2,1H3,(H,15,16). The number of nitrogens with one attached hydrogen (secondary N) is 1. The molecular formula is C14H22N4O3S. The van der Waals surface area contributed by atoms with Crippen molar-refractivity contribution in [1.29, 1.82) is 0 Å². The van der Waals surface area contributed by atoms with Crippen molar-refractivity contribution in [3.63, 3.8) is 0 Å². The summed E-state index contributed by atoms with van der Waals surface area (Å²) in [6, 6.07) is 0. The van der Waals surface area contributed by atoms with Crippen LogP contribution in [0.15, 0.2) is 12.4 Å². The first-order valence-corrected chi connectivity index (χ1v) is 9.53. The number of amides is 1. The largest absolute Gasteiger partial charge is 0.338 e. The number of aromatic amines is 1. The number of piperidine rings is 1. The van der Waals surface area contributed by atoms with Gasteiger partial charge in [-0.25, -0.2) is 12.7 Å². The van der Waals surface area contributed by atoms with E-state index in [0.717, 1.165) is 32.4 Å². The molecule has 0 bridgehead atoms. The van der Waals surface area contributed by atoms with Gasteiger partial charge in [0.05, 0.1) is 18.0 Å². The van der Waals surface area contributed by atoms with Crippen LogP contribution in [0.25, 0.3) is 0 Å². The topological polar surface area (TPSA) is 86.4 Å². The molecule has 2 aliphatic heterocycles. The van der Waals surface area contributed by atoms with Gasteiger partial charge in [-0.1, -0.05) is 0 Å². The van der Waals surface area contributed by atoms with Gasteiger partial charge in [0.1, 0.15) is 0 Å². The SMILES string of the molecule is CS(=O)(=O)N1CCC(C2CCN(C(=O)c3cn[nH]c3)C2)CC1. The normalized spacial score (nSPS) is 24.8. The summed E-state index contributed by atoms with van der Waals surface area (Å²) >= 11 is 0. The molecule has 22 heavy (non-hydrogen) atoms. The van der Waals surface area contributed by atoms with E-state index in [9.17, 15) is 13.2 Å². The number of carbonyl (C=O) groups is 1. The van der Waals surface area contributed by atoms with Gasteiger partial charge in [-0.05, 0) is 31.1 Å². The Morgan fingerprint density at radius 3 is 2.50 bits per heavy atom. The molecule has 2 fully saturated rings. The minimum absolute atomic E-state index is 0.0322. The molecule has 3 rings (SSSR count). The van der Waals surface area contributed by atoms with Crippen LogP contribution in [0.4, 0.5) is 0 Å². The van der Waals surface area contributed by atoms with Gasteiger partial charge in [0.15, 0.2) is 0 Å². The Hall–Kier alpha value is -1.41. The lowest BCUT2D eigenvalue weighted by atomic mass is 9.84. The van der Waals surface area contributed by atoms with E-state index in [-0.39, 0.29) is 5.91 Å². The number of likely N-dealkylation sites (tertiary alicyclic amines) is 1. The lowest BCUT2D eigenvalue weighted by Crippen LogP contribution is -2.40. The van der Waals surface area contributed by atoms with E-state index >= 15 is 0 Å². The maximum Gasteiger partial charge on any atom is 0.257 e. The third kappa shape index (κ3) is 3.17. The fraction of sp³-hybridized carbons (Fsp3) is 0.714. The highest BCUT2D eigenvalue weighted by molar-refractivity contribution is 7.88. The molecule has 1 aromatic rings. The molecule has 2 saturated heterocycles. The molecule has 0 aliphatic carbocycles. The van der Waals surface area contributed by atoms with Crippen molar-refractivity contribution in [2.75, 3.05) is 32.4 Å². The van der Waals surface area contributed by atoms with E-state index in [1.165, 1.54) is 6.26 Å². The zero-order chi connectivity index (χ0) is 15.7. The molecular weight excluding hydrogens is 304 g/mol. The molecule has 3 heterocycles. The first kappa shape index (κ1) is 15.5. The van der Waals surface area contributed by atoms with Gasteiger partial charge in [-0.15, -0.1) is 0 Å². The zero-order valence-corrected chi connectivity index (χ0v) is 13.6. The molecule has 0 saturated carbocycles. The Kier molecular flexibility index (Phi) is 4.22. The highest BCUT2D eigenvalue weighted by Gasteiger charge is 2.35. The average Bonchev–Trinajstić information content (AvgIpc) is 3.17. The van der Waals surface area contributed by atoms with Crippen molar-refractivity contribution in [3.8, 4) is 0 Å². The third-order valence-corrected chi connectivity index (χ3v) is 6.19. The Labute approximate surface area is 130 Å². The summed E-state index contributed by atoms with van der Waals surface area (Å²) in [4.78, 5) is 14.2. The van der Waals surface area contributed by atoms with E-state index in [1.54, 1.807) is 16.7 Å². The third-order valence-electron chi connectivity index (χ3n) is 4.89. The van der Waals surface area contributed by atoms with Crippen LogP contribution in [-0.2, 0) is 10.0 Å². The highest BCUT2D eigenvalue weighted by Crippen LogP contribution is 2.32. The van der Waals surface area contributed by atoms with Gasteiger partial charge >= 0.3 is 0 Å². The molecule has 8 heteroatoms. The molecule has 2 aliphatic rings. The average molecular weight is 326 g/mol. The second-order valence-electron chi connectivity index (χ2n) is 6.29. The number of hydrogen-bond acceptors (Lipinski definition) is 4. The van der Waals surface area contributed by atoms with Crippen LogP contribution in [0, 0.1) is 11.8 Å².